The summed E-state index contributed by atoms with van der Waals surface area (Å²) in [7, 11) is 1.65. The van der Waals surface area contributed by atoms with Gasteiger partial charge in [-0.1, -0.05) is 30.3 Å². The summed E-state index contributed by atoms with van der Waals surface area (Å²) in [5, 5.41) is 1.22. The Kier molecular flexibility index (Phi) is 4.08. The van der Waals surface area contributed by atoms with Gasteiger partial charge in [-0.2, -0.15) is 0 Å². The summed E-state index contributed by atoms with van der Waals surface area (Å²) in [6.07, 6.45) is 0. The van der Waals surface area contributed by atoms with E-state index in [0.717, 1.165) is 11.5 Å². The smallest absolute Gasteiger partial charge is 0.161 e. The molecule has 0 unspecified atom stereocenters. The molecule has 3 rings (SSSR count). The molecule has 0 amide bonds. The van der Waals surface area contributed by atoms with Crippen molar-refractivity contribution < 1.29 is 9.47 Å². The van der Waals surface area contributed by atoms with E-state index in [0.29, 0.717) is 13.2 Å². The van der Waals surface area contributed by atoms with Gasteiger partial charge in [0.25, 0.3) is 0 Å². The molecule has 3 nitrogen and oxygen atoms in total. The van der Waals surface area contributed by atoms with Gasteiger partial charge < -0.3 is 15.2 Å². The number of fused-ring (bicyclic) bond motifs is 1. The molecule has 21 heavy (non-hydrogen) atoms. The van der Waals surface area contributed by atoms with Crippen LogP contribution in [0.2, 0.25) is 0 Å². The molecular weight excluding hydrogens is 282 g/mol. The zero-order chi connectivity index (χ0) is 14.7. The van der Waals surface area contributed by atoms with Crippen LogP contribution in [0.1, 0.15) is 10.4 Å². The quantitative estimate of drug-likeness (QED) is 0.776. The number of benzene rings is 2. The van der Waals surface area contributed by atoms with Gasteiger partial charge in [-0.25, -0.2) is 0 Å². The third-order valence-corrected chi connectivity index (χ3v) is 4.64. The third-order valence-electron chi connectivity index (χ3n) is 3.41. The third kappa shape index (κ3) is 2.73. The molecule has 4 heteroatoms. The maximum atomic E-state index is 5.95. The molecule has 0 aliphatic heterocycles. The molecule has 1 aromatic heterocycles. The lowest BCUT2D eigenvalue weighted by Gasteiger charge is -2.11. The first-order valence-corrected chi connectivity index (χ1v) is 7.60. The average molecular weight is 299 g/mol. The van der Waals surface area contributed by atoms with Crippen molar-refractivity contribution in [2.24, 2.45) is 5.73 Å². The summed E-state index contributed by atoms with van der Waals surface area (Å²) in [4.78, 5) is 1.17. The van der Waals surface area contributed by atoms with Crippen molar-refractivity contribution in [2.45, 2.75) is 13.2 Å². The molecule has 0 atom stereocenters. The number of methoxy groups -OCH3 is 1. The van der Waals surface area contributed by atoms with Crippen LogP contribution in [-0.4, -0.2) is 7.11 Å². The Labute approximate surface area is 127 Å². The normalized spacial score (nSPS) is 10.8. The van der Waals surface area contributed by atoms with E-state index in [2.05, 4.69) is 12.1 Å². The minimum Gasteiger partial charge on any atom is -0.493 e. The molecule has 0 fully saturated rings. The number of ether oxygens (including phenoxy) is 2. The summed E-state index contributed by atoms with van der Waals surface area (Å²) < 4.78 is 12.5. The van der Waals surface area contributed by atoms with Gasteiger partial charge in [-0.15, -0.1) is 11.3 Å². The first-order chi connectivity index (χ1) is 10.3. The van der Waals surface area contributed by atoms with E-state index in [1.807, 2.05) is 36.4 Å². The summed E-state index contributed by atoms with van der Waals surface area (Å²) >= 11 is 1.73. The van der Waals surface area contributed by atoms with Crippen LogP contribution in [0.25, 0.3) is 10.1 Å². The van der Waals surface area contributed by atoms with E-state index >= 15 is 0 Å². The van der Waals surface area contributed by atoms with Crippen LogP contribution < -0.4 is 15.2 Å². The lowest BCUT2D eigenvalue weighted by molar-refractivity contribution is 0.285. The SMILES string of the molecule is COc1ccccc1OCc1c(CN)sc2ccccc12. The van der Waals surface area contributed by atoms with Crippen LogP contribution in [-0.2, 0) is 13.2 Å². The monoisotopic (exact) mass is 299 g/mol. The highest BCUT2D eigenvalue weighted by molar-refractivity contribution is 7.19. The largest absolute Gasteiger partial charge is 0.493 e. The van der Waals surface area contributed by atoms with Crippen molar-refractivity contribution in [1.82, 2.24) is 0 Å². The summed E-state index contributed by atoms with van der Waals surface area (Å²) in [6, 6.07) is 16.0. The number of thiophene rings is 1. The van der Waals surface area contributed by atoms with Crippen LogP contribution in [0.4, 0.5) is 0 Å². The predicted molar refractivity (Wildman–Crippen MR) is 87.0 cm³/mol. The molecule has 3 aromatic rings. The Balaban J connectivity index is 1.91. The Bertz CT molecular complexity index is 751. The van der Waals surface area contributed by atoms with Crippen molar-refractivity contribution in [3.63, 3.8) is 0 Å². The summed E-state index contributed by atoms with van der Waals surface area (Å²) in [5.74, 6) is 1.49. The molecular formula is C17H17NO2S. The van der Waals surface area contributed by atoms with Gasteiger partial charge in [-0.3, -0.25) is 0 Å². The minimum atomic E-state index is 0.497. The molecule has 2 N–H and O–H groups in total. The highest BCUT2D eigenvalue weighted by Crippen LogP contribution is 2.33. The van der Waals surface area contributed by atoms with Crippen LogP contribution in [0, 0.1) is 0 Å². The second kappa shape index (κ2) is 6.16. The number of hydrogen-bond donors (Lipinski definition) is 1. The molecule has 2 aromatic carbocycles. The molecule has 0 aliphatic carbocycles. The van der Waals surface area contributed by atoms with Crippen LogP contribution in [0.5, 0.6) is 11.5 Å². The minimum absolute atomic E-state index is 0.497. The lowest BCUT2D eigenvalue weighted by atomic mass is 10.1. The first kappa shape index (κ1) is 13.9. The molecule has 0 radical (unpaired) electrons. The second-order valence-corrected chi connectivity index (χ2v) is 5.78. The van der Waals surface area contributed by atoms with E-state index < -0.39 is 0 Å². The van der Waals surface area contributed by atoms with E-state index in [-0.39, 0.29) is 0 Å². The predicted octanol–water partition coefficient (Wildman–Crippen LogP) is 3.95. The highest BCUT2D eigenvalue weighted by atomic mass is 32.1. The van der Waals surface area contributed by atoms with E-state index in [4.69, 9.17) is 15.2 Å². The number of hydrogen-bond acceptors (Lipinski definition) is 4. The van der Waals surface area contributed by atoms with Crippen molar-refractivity contribution in [1.29, 1.82) is 0 Å². The Morgan fingerprint density at radius 1 is 1.00 bits per heavy atom. The van der Waals surface area contributed by atoms with Crippen LogP contribution in [0.15, 0.2) is 48.5 Å². The van der Waals surface area contributed by atoms with Gasteiger partial charge in [-0.05, 0) is 23.6 Å². The van der Waals surface area contributed by atoms with Gasteiger partial charge in [0.2, 0.25) is 0 Å². The number of nitrogens with two attached hydrogens (primary N) is 1. The van der Waals surface area contributed by atoms with Crippen molar-refractivity contribution in [3.05, 3.63) is 59.0 Å². The maximum absolute atomic E-state index is 5.95. The molecule has 0 bridgehead atoms. The van der Waals surface area contributed by atoms with Crippen molar-refractivity contribution in [3.8, 4) is 11.5 Å². The lowest BCUT2D eigenvalue weighted by Crippen LogP contribution is -2.02. The van der Waals surface area contributed by atoms with E-state index in [1.165, 1.54) is 20.5 Å². The zero-order valence-corrected chi connectivity index (χ0v) is 12.7. The molecule has 108 valence electrons. The van der Waals surface area contributed by atoms with Gasteiger partial charge in [0.15, 0.2) is 11.5 Å². The summed E-state index contributed by atoms with van der Waals surface area (Å²) in [5.41, 5.74) is 7.04. The fourth-order valence-corrected chi connectivity index (χ4v) is 3.45. The van der Waals surface area contributed by atoms with Gasteiger partial charge in [0, 0.05) is 21.7 Å². The maximum Gasteiger partial charge on any atom is 0.161 e. The summed E-state index contributed by atoms with van der Waals surface area (Å²) in [6.45, 7) is 1.03. The second-order valence-electron chi connectivity index (χ2n) is 4.64. The number of rotatable bonds is 5. The molecule has 0 saturated carbocycles. The Morgan fingerprint density at radius 2 is 1.71 bits per heavy atom. The van der Waals surface area contributed by atoms with Crippen molar-refractivity contribution in [2.75, 3.05) is 7.11 Å². The Morgan fingerprint density at radius 3 is 2.48 bits per heavy atom. The van der Waals surface area contributed by atoms with Crippen molar-refractivity contribution >= 4 is 21.4 Å². The Hall–Kier alpha value is -2.04. The zero-order valence-electron chi connectivity index (χ0n) is 11.8. The van der Waals surface area contributed by atoms with Gasteiger partial charge in [0.05, 0.1) is 7.11 Å². The van der Waals surface area contributed by atoms with E-state index in [1.54, 1.807) is 18.4 Å². The molecule has 0 saturated heterocycles. The standard InChI is InChI=1S/C17H17NO2S/c1-19-14-7-3-4-8-15(14)20-11-13-12-6-2-5-9-16(12)21-17(13)10-18/h2-9H,10-11,18H2,1H3. The van der Waals surface area contributed by atoms with Crippen LogP contribution in [0.3, 0.4) is 0 Å². The van der Waals surface area contributed by atoms with Gasteiger partial charge >= 0.3 is 0 Å². The van der Waals surface area contributed by atoms with E-state index in [9.17, 15) is 0 Å². The first-order valence-electron chi connectivity index (χ1n) is 6.78. The topological polar surface area (TPSA) is 44.5 Å². The molecule has 1 heterocycles. The molecule has 0 aliphatic rings. The van der Waals surface area contributed by atoms with Gasteiger partial charge in [0.1, 0.15) is 6.61 Å². The highest BCUT2D eigenvalue weighted by Gasteiger charge is 2.12. The average Bonchev–Trinajstić information content (AvgIpc) is 2.91. The molecule has 0 spiro atoms. The number of para-hydroxylation sites is 2. The fraction of sp³-hybridized carbons (Fsp3) is 0.176. The fourth-order valence-electron chi connectivity index (χ4n) is 2.36. The van der Waals surface area contributed by atoms with Crippen LogP contribution >= 0.6 is 11.3 Å².